The summed E-state index contributed by atoms with van der Waals surface area (Å²) >= 11 is 5.37. The van der Waals surface area contributed by atoms with Crippen molar-refractivity contribution in [3.05, 3.63) is 38.3 Å². The molecule has 1 aliphatic heterocycles. The molecule has 0 N–H and O–H groups in total. The number of fused-ring (bicyclic) bond motifs is 1. The van der Waals surface area contributed by atoms with Crippen molar-refractivity contribution in [2.45, 2.75) is 20.0 Å². The van der Waals surface area contributed by atoms with Gasteiger partial charge >= 0.3 is 0 Å². The number of nitrogens with zero attached hydrogens (tertiary/aromatic N) is 2. The van der Waals surface area contributed by atoms with E-state index < -0.39 is 0 Å². The maximum Gasteiger partial charge on any atom is 0.162 e. The zero-order valence-corrected chi connectivity index (χ0v) is 14.5. The number of thiazole rings is 1. The second-order valence-electron chi connectivity index (χ2n) is 5.11. The Kier molecular flexibility index (Phi) is 4.47. The van der Waals surface area contributed by atoms with E-state index in [1.54, 1.807) is 11.3 Å². The molecule has 112 valence electrons. The van der Waals surface area contributed by atoms with Crippen molar-refractivity contribution < 1.29 is 9.47 Å². The monoisotopic (exact) mass is 368 g/mol. The molecule has 1 aliphatic rings. The molecule has 0 saturated carbocycles. The van der Waals surface area contributed by atoms with Gasteiger partial charge in [0.2, 0.25) is 0 Å². The van der Waals surface area contributed by atoms with Crippen molar-refractivity contribution in [3.8, 4) is 11.5 Å². The Labute approximate surface area is 136 Å². The molecule has 4 nitrogen and oxygen atoms in total. The van der Waals surface area contributed by atoms with E-state index in [2.05, 4.69) is 38.9 Å². The fourth-order valence-electron chi connectivity index (χ4n) is 2.32. The van der Waals surface area contributed by atoms with Gasteiger partial charge in [-0.2, -0.15) is 0 Å². The van der Waals surface area contributed by atoms with E-state index in [4.69, 9.17) is 9.47 Å². The summed E-state index contributed by atoms with van der Waals surface area (Å²) < 4.78 is 12.3. The average molecular weight is 369 g/mol. The minimum atomic E-state index is 0.615. The molecule has 0 bridgehead atoms. The molecule has 21 heavy (non-hydrogen) atoms. The van der Waals surface area contributed by atoms with Crippen molar-refractivity contribution in [1.29, 1.82) is 0 Å². The molecule has 3 rings (SSSR count). The molecule has 0 unspecified atom stereocenters. The Morgan fingerprint density at radius 3 is 2.62 bits per heavy atom. The van der Waals surface area contributed by atoms with Crippen LogP contribution in [0.15, 0.2) is 22.8 Å². The van der Waals surface area contributed by atoms with Gasteiger partial charge in [0.1, 0.15) is 13.2 Å². The molecular weight excluding hydrogens is 352 g/mol. The SMILES string of the molecule is Cc1ncc(CN(C)Cc2cc3c(cc2Br)OCCO3)s1. The molecule has 0 aliphatic carbocycles. The van der Waals surface area contributed by atoms with Gasteiger partial charge < -0.3 is 9.47 Å². The van der Waals surface area contributed by atoms with Crippen LogP contribution in [0.4, 0.5) is 0 Å². The second kappa shape index (κ2) is 6.34. The molecule has 6 heteroatoms. The highest BCUT2D eigenvalue weighted by atomic mass is 79.9. The van der Waals surface area contributed by atoms with Gasteiger partial charge in [0, 0.05) is 28.6 Å². The Hall–Kier alpha value is -1.11. The van der Waals surface area contributed by atoms with E-state index in [-0.39, 0.29) is 0 Å². The van der Waals surface area contributed by atoms with Crippen molar-refractivity contribution in [1.82, 2.24) is 9.88 Å². The Bertz CT molecular complexity index is 645. The first-order valence-corrected chi connectivity index (χ1v) is 8.40. The summed E-state index contributed by atoms with van der Waals surface area (Å²) in [6.45, 7) is 5.00. The van der Waals surface area contributed by atoms with Crippen molar-refractivity contribution in [2.75, 3.05) is 20.3 Å². The fraction of sp³-hybridized carbons (Fsp3) is 0.400. The number of aryl methyl sites for hydroxylation is 1. The molecule has 2 heterocycles. The Morgan fingerprint density at radius 1 is 1.24 bits per heavy atom. The largest absolute Gasteiger partial charge is 0.486 e. The maximum atomic E-state index is 5.65. The molecule has 0 fully saturated rings. The van der Waals surface area contributed by atoms with Gasteiger partial charge in [0.05, 0.1) is 5.01 Å². The number of rotatable bonds is 4. The van der Waals surface area contributed by atoms with Crippen LogP contribution in [0.2, 0.25) is 0 Å². The molecule has 0 amide bonds. The van der Waals surface area contributed by atoms with Gasteiger partial charge in [0.15, 0.2) is 11.5 Å². The predicted molar refractivity (Wildman–Crippen MR) is 87.2 cm³/mol. The zero-order chi connectivity index (χ0) is 14.8. The van der Waals surface area contributed by atoms with E-state index in [1.807, 2.05) is 19.2 Å². The Balaban J connectivity index is 1.71. The second-order valence-corrected chi connectivity index (χ2v) is 7.28. The topological polar surface area (TPSA) is 34.6 Å². The van der Waals surface area contributed by atoms with Crippen LogP contribution in [-0.2, 0) is 13.1 Å². The van der Waals surface area contributed by atoms with Crippen LogP contribution in [0.1, 0.15) is 15.4 Å². The van der Waals surface area contributed by atoms with Crippen LogP contribution < -0.4 is 9.47 Å². The predicted octanol–water partition coefficient (Wildman–Crippen LogP) is 3.62. The van der Waals surface area contributed by atoms with E-state index in [1.165, 1.54) is 10.4 Å². The van der Waals surface area contributed by atoms with E-state index >= 15 is 0 Å². The fourth-order valence-corrected chi connectivity index (χ4v) is 3.64. The van der Waals surface area contributed by atoms with Gasteiger partial charge in [-0.15, -0.1) is 11.3 Å². The average Bonchev–Trinajstić information content (AvgIpc) is 2.85. The first-order valence-electron chi connectivity index (χ1n) is 6.79. The quantitative estimate of drug-likeness (QED) is 0.825. The van der Waals surface area contributed by atoms with Crippen LogP contribution >= 0.6 is 27.3 Å². The van der Waals surface area contributed by atoms with E-state index in [9.17, 15) is 0 Å². The van der Waals surface area contributed by atoms with Crippen molar-refractivity contribution in [2.24, 2.45) is 0 Å². The molecular formula is C15H17BrN2O2S. The minimum Gasteiger partial charge on any atom is -0.486 e. The molecule has 1 aromatic carbocycles. The number of halogens is 1. The molecule has 2 aromatic rings. The third-order valence-electron chi connectivity index (χ3n) is 3.25. The van der Waals surface area contributed by atoms with Crippen LogP contribution in [0.25, 0.3) is 0 Å². The first kappa shape index (κ1) is 14.8. The lowest BCUT2D eigenvalue weighted by atomic mass is 10.2. The highest BCUT2D eigenvalue weighted by Crippen LogP contribution is 2.36. The van der Waals surface area contributed by atoms with Gasteiger partial charge in [-0.1, -0.05) is 15.9 Å². The highest BCUT2D eigenvalue weighted by Gasteiger charge is 2.16. The molecule has 0 saturated heterocycles. The summed E-state index contributed by atoms with van der Waals surface area (Å²) in [5.74, 6) is 1.65. The van der Waals surface area contributed by atoms with Gasteiger partial charge in [-0.05, 0) is 31.7 Å². The van der Waals surface area contributed by atoms with Crippen LogP contribution in [0.5, 0.6) is 11.5 Å². The lowest BCUT2D eigenvalue weighted by Crippen LogP contribution is -2.18. The van der Waals surface area contributed by atoms with Gasteiger partial charge in [-0.3, -0.25) is 4.90 Å². The normalized spacial score (nSPS) is 13.7. The van der Waals surface area contributed by atoms with E-state index in [0.29, 0.717) is 13.2 Å². The van der Waals surface area contributed by atoms with Crippen molar-refractivity contribution >= 4 is 27.3 Å². The number of hydrogen-bond acceptors (Lipinski definition) is 5. The van der Waals surface area contributed by atoms with Crippen molar-refractivity contribution in [3.63, 3.8) is 0 Å². The lowest BCUT2D eigenvalue weighted by Gasteiger charge is -2.22. The zero-order valence-electron chi connectivity index (χ0n) is 12.1. The summed E-state index contributed by atoms with van der Waals surface area (Å²) in [5.41, 5.74) is 1.20. The molecule has 0 spiro atoms. The number of aromatic nitrogens is 1. The smallest absolute Gasteiger partial charge is 0.162 e. The third-order valence-corrected chi connectivity index (χ3v) is 4.88. The minimum absolute atomic E-state index is 0.615. The summed E-state index contributed by atoms with van der Waals surface area (Å²) in [5, 5.41) is 1.11. The maximum absolute atomic E-state index is 5.65. The molecule has 1 aromatic heterocycles. The lowest BCUT2D eigenvalue weighted by molar-refractivity contribution is 0.171. The molecule has 0 atom stereocenters. The summed E-state index contributed by atoms with van der Waals surface area (Å²) in [6.07, 6.45) is 1.95. The number of hydrogen-bond donors (Lipinski definition) is 0. The standard InChI is InChI=1S/C15H17BrN2O2S/c1-10-17-7-12(21-10)9-18(2)8-11-5-14-15(6-13(11)16)20-4-3-19-14/h5-7H,3-4,8-9H2,1-2H3. The van der Waals surface area contributed by atoms with E-state index in [0.717, 1.165) is 34.1 Å². The van der Waals surface area contributed by atoms with Crippen LogP contribution in [-0.4, -0.2) is 30.1 Å². The first-order chi connectivity index (χ1) is 10.1. The third kappa shape index (κ3) is 3.56. The summed E-state index contributed by atoms with van der Waals surface area (Å²) in [4.78, 5) is 7.85. The number of ether oxygens (including phenoxy) is 2. The van der Waals surface area contributed by atoms with Crippen LogP contribution in [0, 0.1) is 6.92 Å². The summed E-state index contributed by atoms with van der Waals surface area (Å²) in [7, 11) is 2.11. The summed E-state index contributed by atoms with van der Waals surface area (Å²) in [6, 6.07) is 4.06. The highest BCUT2D eigenvalue weighted by molar-refractivity contribution is 9.10. The Morgan fingerprint density at radius 2 is 1.95 bits per heavy atom. The van der Waals surface area contributed by atoms with Crippen LogP contribution in [0.3, 0.4) is 0 Å². The van der Waals surface area contributed by atoms with Gasteiger partial charge in [0.25, 0.3) is 0 Å². The van der Waals surface area contributed by atoms with Gasteiger partial charge in [-0.25, -0.2) is 4.98 Å². The number of benzene rings is 1. The molecule has 0 radical (unpaired) electrons.